The van der Waals surface area contributed by atoms with Crippen molar-refractivity contribution in [3.63, 3.8) is 0 Å². The summed E-state index contributed by atoms with van der Waals surface area (Å²) in [6, 6.07) is 0. The molecule has 68 valence electrons. The molecule has 6 nitrogen and oxygen atoms in total. The van der Waals surface area contributed by atoms with Gasteiger partial charge in [-0.1, -0.05) is 0 Å². The van der Waals surface area contributed by atoms with Crippen molar-refractivity contribution in [2.75, 3.05) is 20.8 Å². The molecule has 0 aliphatic heterocycles. The number of hydrogen-bond acceptors (Lipinski definition) is 5. The van der Waals surface area contributed by atoms with Crippen LogP contribution >= 0.6 is 8.60 Å². The third-order valence-corrected chi connectivity index (χ3v) is 1.11. The lowest BCUT2D eigenvalue weighted by atomic mass is 10.7. The molecule has 0 aromatic heterocycles. The molecule has 0 saturated heterocycles. The molecular weight excluding hydrogens is 173 g/mol. The van der Waals surface area contributed by atoms with E-state index < -0.39 is 14.6 Å². The van der Waals surface area contributed by atoms with Crippen LogP contribution in [-0.4, -0.2) is 36.7 Å². The first kappa shape index (κ1) is 13.3. The number of carboxylic acids is 1. The molecule has 0 amide bonds. The van der Waals surface area contributed by atoms with Crippen LogP contribution in [0.15, 0.2) is 0 Å². The van der Waals surface area contributed by atoms with Gasteiger partial charge in [-0.2, -0.15) is 0 Å². The zero-order valence-corrected chi connectivity index (χ0v) is 7.25. The van der Waals surface area contributed by atoms with Gasteiger partial charge in [-0.25, -0.2) is 0 Å². The first-order chi connectivity index (χ1) is 5.08. The lowest BCUT2D eigenvalue weighted by Crippen LogP contribution is -2.10. The number of hydrogen-bond donors (Lipinski definition) is 3. The molecule has 0 fully saturated rings. The van der Waals surface area contributed by atoms with E-state index >= 15 is 0 Å². The van der Waals surface area contributed by atoms with Crippen LogP contribution in [0.25, 0.3) is 0 Å². The molecule has 4 N–H and O–H groups in total. The van der Waals surface area contributed by atoms with E-state index in [1.165, 1.54) is 14.2 Å². The summed E-state index contributed by atoms with van der Waals surface area (Å²) < 4.78 is 8.59. The van der Waals surface area contributed by atoms with Gasteiger partial charge in [-0.15, -0.1) is 0 Å². The Bertz CT molecular complexity index is 96.5. The van der Waals surface area contributed by atoms with E-state index in [0.29, 0.717) is 0 Å². The Morgan fingerprint density at radius 2 is 1.82 bits per heavy atom. The molecule has 0 unspecified atom stereocenters. The minimum atomic E-state index is -1.58. The quantitative estimate of drug-likeness (QED) is 0.513. The number of carboxylic acid groups (broad SMARTS) is 1. The number of carbonyl (C=O) groups is 1. The van der Waals surface area contributed by atoms with E-state index in [0.717, 1.165) is 0 Å². The van der Waals surface area contributed by atoms with Crippen LogP contribution in [0.1, 0.15) is 0 Å². The van der Waals surface area contributed by atoms with Crippen LogP contribution in [0.4, 0.5) is 0 Å². The molecular formula is C4H12NO5P. The van der Waals surface area contributed by atoms with E-state index in [-0.39, 0.29) is 6.54 Å². The molecule has 0 aromatic rings. The highest BCUT2D eigenvalue weighted by Crippen LogP contribution is 2.28. The first-order valence-corrected chi connectivity index (χ1v) is 3.70. The van der Waals surface area contributed by atoms with Crippen LogP contribution in [0.3, 0.4) is 0 Å². The fraction of sp³-hybridized carbons (Fsp3) is 0.750. The molecule has 0 bridgehead atoms. The van der Waals surface area contributed by atoms with Crippen molar-refractivity contribution >= 4 is 14.6 Å². The summed E-state index contributed by atoms with van der Waals surface area (Å²) in [5, 5.41) is 7.60. The summed E-state index contributed by atoms with van der Waals surface area (Å²) in [6.45, 7) is -0.278. The van der Waals surface area contributed by atoms with Crippen LogP contribution in [0.2, 0.25) is 0 Å². The van der Waals surface area contributed by atoms with Gasteiger partial charge in [0.15, 0.2) is 0 Å². The maximum atomic E-state index is 9.24. The summed E-state index contributed by atoms with van der Waals surface area (Å²) in [6.07, 6.45) is 0. The van der Waals surface area contributed by atoms with Gasteiger partial charge in [0.1, 0.15) is 0 Å². The van der Waals surface area contributed by atoms with Gasteiger partial charge in [-0.05, 0) is 0 Å². The Labute approximate surface area is 65.9 Å². The van der Waals surface area contributed by atoms with E-state index in [1.54, 1.807) is 0 Å². The Morgan fingerprint density at radius 1 is 1.55 bits per heavy atom. The number of nitrogens with two attached hydrogens (primary N) is 1. The van der Waals surface area contributed by atoms with Crippen molar-refractivity contribution < 1.29 is 23.8 Å². The standard InChI is InChI=1S/C2H5NO2.C2H7O3P/c3-1-2(4)5;1-4-6(3)5-2/h1,3H2,(H,4,5);3H,1-2H3. The summed E-state index contributed by atoms with van der Waals surface area (Å²) >= 11 is 0. The fourth-order valence-corrected chi connectivity index (χ4v) is 0.224. The van der Waals surface area contributed by atoms with Crippen LogP contribution in [0.5, 0.6) is 0 Å². The predicted molar refractivity (Wildman–Crippen MR) is 39.8 cm³/mol. The molecule has 11 heavy (non-hydrogen) atoms. The third-order valence-electron chi connectivity index (χ3n) is 0.487. The second kappa shape index (κ2) is 9.74. The topological polar surface area (TPSA) is 102 Å². The molecule has 0 aliphatic carbocycles. The summed E-state index contributed by atoms with van der Waals surface area (Å²) in [7, 11) is 1.19. The molecule has 0 aromatic carbocycles. The molecule has 0 rings (SSSR count). The highest BCUT2D eigenvalue weighted by Gasteiger charge is 1.94. The van der Waals surface area contributed by atoms with Crippen molar-refractivity contribution in [2.24, 2.45) is 5.73 Å². The van der Waals surface area contributed by atoms with Crippen LogP contribution in [0, 0.1) is 0 Å². The number of aliphatic carboxylic acids is 1. The van der Waals surface area contributed by atoms with Gasteiger partial charge < -0.3 is 24.8 Å². The molecule has 0 radical (unpaired) electrons. The van der Waals surface area contributed by atoms with Gasteiger partial charge in [0.25, 0.3) is 0 Å². The Morgan fingerprint density at radius 3 is 1.82 bits per heavy atom. The first-order valence-electron chi connectivity index (χ1n) is 2.57. The van der Waals surface area contributed by atoms with Crippen LogP contribution < -0.4 is 5.73 Å². The lowest BCUT2D eigenvalue weighted by Gasteiger charge is -1.98. The Balaban J connectivity index is 0. The van der Waals surface area contributed by atoms with E-state index in [4.69, 9.17) is 10.00 Å². The van der Waals surface area contributed by atoms with Gasteiger partial charge in [0, 0.05) is 14.2 Å². The molecule has 0 aliphatic rings. The van der Waals surface area contributed by atoms with Crippen molar-refractivity contribution in [3.8, 4) is 0 Å². The highest BCUT2D eigenvalue weighted by atomic mass is 31.2. The maximum absolute atomic E-state index is 9.24. The minimum Gasteiger partial charge on any atom is -0.480 e. The zero-order chi connectivity index (χ0) is 9.28. The van der Waals surface area contributed by atoms with Crippen molar-refractivity contribution in [1.82, 2.24) is 0 Å². The summed E-state index contributed by atoms with van der Waals surface area (Å²) in [4.78, 5) is 17.5. The second-order valence-corrected chi connectivity index (χ2v) is 2.41. The average molecular weight is 185 g/mol. The van der Waals surface area contributed by atoms with Gasteiger partial charge >= 0.3 is 14.6 Å². The van der Waals surface area contributed by atoms with E-state index in [2.05, 4.69) is 14.8 Å². The minimum absolute atomic E-state index is 0.278. The largest absolute Gasteiger partial charge is 0.480 e. The molecule has 7 heteroatoms. The molecule has 0 spiro atoms. The molecule has 0 atom stereocenters. The predicted octanol–water partition coefficient (Wildman–Crippen LogP) is -0.472. The fourth-order valence-electron chi connectivity index (χ4n) is 0.0745. The third kappa shape index (κ3) is 17.7. The van der Waals surface area contributed by atoms with E-state index in [9.17, 15) is 4.79 Å². The van der Waals surface area contributed by atoms with Crippen molar-refractivity contribution in [1.29, 1.82) is 0 Å². The zero-order valence-electron chi connectivity index (χ0n) is 6.35. The lowest BCUT2D eigenvalue weighted by molar-refractivity contribution is -0.135. The van der Waals surface area contributed by atoms with Gasteiger partial charge in [0.2, 0.25) is 0 Å². The Hall–Kier alpha value is -0.260. The normalized spacial score (nSPS) is 8.82. The second-order valence-electron chi connectivity index (χ2n) is 1.20. The highest BCUT2D eigenvalue weighted by molar-refractivity contribution is 7.40. The number of rotatable bonds is 3. The van der Waals surface area contributed by atoms with Gasteiger partial charge in [0.05, 0.1) is 6.54 Å². The maximum Gasteiger partial charge on any atom is 0.329 e. The average Bonchev–Trinajstić information content (AvgIpc) is 2.04. The van der Waals surface area contributed by atoms with Gasteiger partial charge in [-0.3, -0.25) is 4.79 Å². The molecule has 0 heterocycles. The van der Waals surface area contributed by atoms with E-state index in [1.807, 2.05) is 0 Å². The van der Waals surface area contributed by atoms with Crippen molar-refractivity contribution in [2.45, 2.75) is 0 Å². The monoisotopic (exact) mass is 185 g/mol. The van der Waals surface area contributed by atoms with Crippen LogP contribution in [-0.2, 0) is 13.8 Å². The Kier molecular flexibility index (Phi) is 11.8. The summed E-state index contributed by atoms with van der Waals surface area (Å²) in [5.74, 6) is -0.968. The van der Waals surface area contributed by atoms with Crippen molar-refractivity contribution in [3.05, 3.63) is 0 Å². The summed E-state index contributed by atoms with van der Waals surface area (Å²) in [5.41, 5.74) is 4.57. The smallest absolute Gasteiger partial charge is 0.329 e. The SMILES string of the molecule is COP(O)OC.NCC(=O)O. The molecule has 0 saturated carbocycles.